The summed E-state index contributed by atoms with van der Waals surface area (Å²) in [6.07, 6.45) is 1.38. The molecule has 2 aromatic rings. The number of rotatable bonds is 2. The molecular formula is C13H9Cl2NO3. The first-order chi connectivity index (χ1) is 9.04. The van der Waals surface area contributed by atoms with Crippen LogP contribution in [0.4, 0.5) is 0 Å². The number of esters is 1. The van der Waals surface area contributed by atoms with E-state index in [1.54, 1.807) is 12.1 Å². The van der Waals surface area contributed by atoms with Crippen molar-refractivity contribution >= 4 is 29.2 Å². The summed E-state index contributed by atoms with van der Waals surface area (Å²) in [6.45, 7) is 0. The van der Waals surface area contributed by atoms with Crippen molar-refractivity contribution in [3.05, 3.63) is 56.4 Å². The summed E-state index contributed by atoms with van der Waals surface area (Å²) in [5.74, 6) is -0.591. The summed E-state index contributed by atoms with van der Waals surface area (Å²) >= 11 is 11.7. The quantitative estimate of drug-likeness (QED) is 0.866. The number of hydrogen-bond donors (Lipinski definition) is 1. The smallest absolute Gasteiger partial charge is 0.338 e. The highest BCUT2D eigenvalue weighted by Crippen LogP contribution is 2.28. The molecule has 0 fully saturated rings. The highest BCUT2D eigenvalue weighted by atomic mass is 35.5. The molecule has 0 unspecified atom stereocenters. The molecule has 2 rings (SSSR count). The highest BCUT2D eigenvalue weighted by molar-refractivity contribution is 6.42. The van der Waals surface area contributed by atoms with Crippen molar-refractivity contribution in [3.8, 4) is 11.1 Å². The number of ether oxygens (including phenoxy) is 1. The Morgan fingerprint density at radius 1 is 1.21 bits per heavy atom. The van der Waals surface area contributed by atoms with E-state index in [1.807, 2.05) is 0 Å². The van der Waals surface area contributed by atoms with Crippen molar-refractivity contribution in [2.75, 3.05) is 7.11 Å². The lowest BCUT2D eigenvalue weighted by Crippen LogP contribution is -2.15. The average Bonchev–Trinajstić information content (AvgIpc) is 2.41. The van der Waals surface area contributed by atoms with E-state index >= 15 is 0 Å². The maximum Gasteiger partial charge on any atom is 0.338 e. The van der Waals surface area contributed by atoms with Crippen LogP contribution in [0.3, 0.4) is 0 Å². The third kappa shape index (κ3) is 2.64. The summed E-state index contributed by atoms with van der Waals surface area (Å²) in [5.41, 5.74) is 0.468. The number of hydrogen-bond acceptors (Lipinski definition) is 3. The Morgan fingerprint density at radius 2 is 1.95 bits per heavy atom. The maximum atomic E-state index is 11.9. The lowest BCUT2D eigenvalue weighted by molar-refractivity contribution is 0.0601. The molecule has 19 heavy (non-hydrogen) atoms. The fourth-order valence-corrected chi connectivity index (χ4v) is 1.99. The van der Waals surface area contributed by atoms with Crippen molar-refractivity contribution in [2.45, 2.75) is 0 Å². The first-order valence-corrected chi connectivity index (χ1v) is 6.05. The average molecular weight is 298 g/mol. The molecule has 0 aliphatic rings. The Kier molecular flexibility index (Phi) is 3.93. The van der Waals surface area contributed by atoms with Crippen LogP contribution in [0, 0.1) is 0 Å². The number of aromatic nitrogens is 1. The van der Waals surface area contributed by atoms with Gasteiger partial charge in [0.2, 0.25) is 0 Å². The van der Waals surface area contributed by atoms with Gasteiger partial charge in [-0.2, -0.15) is 0 Å². The van der Waals surface area contributed by atoms with Crippen molar-refractivity contribution in [3.63, 3.8) is 0 Å². The monoisotopic (exact) mass is 297 g/mol. The molecule has 1 heterocycles. The van der Waals surface area contributed by atoms with Gasteiger partial charge < -0.3 is 9.72 Å². The summed E-state index contributed by atoms with van der Waals surface area (Å²) < 4.78 is 4.66. The number of pyridine rings is 1. The van der Waals surface area contributed by atoms with Crippen molar-refractivity contribution in [1.82, 2.24) is 4.98 Å². The van der Waals surface area contributed by atoms with Crippen LogP contribution < -0.4 is 5.56 Å². The van der Waals surface area contributed by atoms with Crippen LogP contribution >= 0.6 is 23.2 Å². The first kappa shape index (κ1) is 13.6. The van der Waals surface area contributed by atoms with E-state index in [2.05, 4.69) is 9.72 Å². The van der Waals surface area contributed by atoms with Crippen molar-refractivity contribution in [1.29, 1.82) is 0 Å². The minimum Gasteiger partial charge on any atom is -0.465 e. The topological polar surface area (TPSA) is 59.2 Å². The summed E-state index contributed by atoms with van der Waals surface area (Å²) in [4.78, 5) is 26.1. The Labute approximate surface area is 118 Å². The molecule has 0 aliphatic heterocycles. The van der Waals surface area contributed by atoms with Gasteiger partial charge in [0.15, 0.2) is 0 Å². The molecule has 1 aromatic carbocycles. The Bertz CT molecular complexity index is 695. The zero-order valence-corrected chi connectivity index (χ0v) is 11.4. The van der Waals surface area contributed by atoms with E-state index in [-0.39, 0.29) is 11.1 Å². The number of carbonyl (C=O) groups is 1. The van der Waals surface area contributed by atoms with Crippen LogP contribution in [-0.4, -0.2) is 18.1 Å². The van der Waals surface area contributed by atoms with Crippen LogP contribution in [0.2, 0.25) is 10.0 Å². The van der Waals surface area contributed by atoms with Crippen molar-refractivity contribution in [2.24, 2.45) is 0 Å². The molecule has 1 aromatic heterocycles. The predicted octanol–water partition coefficient (Wildman–Crippen LogP) is 3.14. The molecule has 0 atom stereocenters. The van der Waals surface area contributed by atoms with E-state index < -0.39 is 11.5 Å². The van der Waals surface area contributed by atoms with Crippen LogP contribution in [0.1, 0.15) is 10.4 Å². The van der Waals surface area contributed by atoms with Crippen molar-refractivity contribution < 1.29 is 9.53 Å². The van der Waals surface area contributed by atoms with E-state index in [1.165, 1.54) is 25.4 Å². The van der Waals surface area contributed by atoms with Gasteiger partial charge in [0, 0.05) is 6.20 Å². The van der Waals surface area contributed by atoms with Gasteiger partial charge in [-0.15, -0.1) is 0 Å². The second-order valence-corrected chi connectivity index (χ2v) is 4.53. The minimum absolute atomic E-state index is 0.171. The first-order valence-electron chi connectivity index (χ1n) is 5.30. The minimum atomic E-state index is -0.591. The van der Waals surface area contributed by atoms with E-state index in [9.17, 15) is 9.59 Å². The zero-order valence-electron chi connectivity index (χ0n) is 9.87. The molecule has 0 saturated carbocycles. The second kappa shape index (κ2) is 5.47. The molecule has 6 heteroatoms. The number of carbonyl (C=O) groups excluding carboxylic acids is 1. The van der Waals surface area contributed by atoms with E-state index in [4.69, 9.17) is 23.2 Å². The molecule has 0 amide bonds. The largest absolute Gasteiger partial charge is 0.465 e. The molecule has 0 radical (unpaired) electrons. The van der Waals surface area contributed by atoms with Gasteiger partial charge in [-0.25, -0.2) is 4.79 Å². The summed E-state index contributed by atoms with van der Waals surface area (Å²) in [5, 5.41) is 0.677. The lowest BCUT2D eigenvalue weighted by atomic mass is 10.0. The molecule has 98 valence electrons. The fourth-order valence-electron chi connectivity index (χ4n) is 1.70. The molecule has 1 N–H and O–H groups in total. The zero-order chi connectivity index (χ0) is 14.0. The number of nitrogens with one attached hydrogen (secondary N) is 1. The molecule has 0 spiro atoms. The fraction of sp³-hybridized carbons (Fsp3) is 0.0769. The normalized spacial score (nSPS) is 10.3. The summed E-state index contributed by atoms with van der Waals surface area (Å²) in [7, 11) is 1.25. The number of halogens is 2. The van der Waals surface area contributed by atoms with Crippen LogP contribution in [-0.2, 0) is 4.74 Å². The third-order valence-electron chi connectivity index (χ3n) is 2.57. The maximum absolute atomic E-state index is 11.9. The van der Waals surface area contributed by atoms with Crippen LogP contribution in [0.25, 0.3) is 11.1 Å². The SMILES string of the molecule is COC(=O)c1cc[nH]c(=O)c1-c1ccc(Cl)c(Cl)c1. The molecule has 0 aliphatic carbocycles. The van der Waals surface area contributed by atoms with E-state index in [0.717, 1.165) is 0 Å². The number of H-pyrrole nitrogens is 1. The van der Waals surface area contributed by atoms with Gasteiger partial charge in [-0.05, 0) is 23.8 Å². The van der Waals surface area contributed by atoms with E-state index in [0.29, 0.717) is 15.6 Å². The molecule has 0 saturated heterocycles. The van der Waals surface area contributed by atoms with Crippen LogP contribution in [0.15, 0.2) is 35.3 Å². The third-order valence-corrected chi connectivity index (χ3v) is 3.31. The highest BCUT2D eigenvalue weighted by Gasteiger charge is 2.17. The Hall–Kier alpha value is -1.78. The van der Waals surface area contributed by atoms with Crippen LogP contribution in [0.5, 0.6) is 0 Å². The Balaban J connectivity index is 2.70. The molecule has 4 nitrogen and oxygen atoms in total. The van der Waals surface area contributed by atoms with Gasteiger partial charge >= 0.3 is 5.97 Å². The predicted molar refractivity (Wildman–Crippen MR) is 73.9 cm³/mol. The molecular weight excluding hydrogens is 289 g/mol. The molecule has 0 bridgehead atoms. The lowest BCUT2D eigenvalue weighted by Gasteiger charge is -2.07. The van der Waals surface area contributed by atoms with Gasteiger partial charge in [0.1, 0.15) is 0 Å². The van der Waals surface area contributed by atoms with Gasteiger partial charge in [-0.1, -0.05) is 29.3 Å². The number of benzene rings is 1. The standard InChI is InChI=1S/C13H9Cl2NO3/c1-19-13(18)8-4-5-16-12(17)11(8)7-2-3-9(14)10(15)6-7/h2-6H,1H3,(H,16,17). The summed E-state index contributed by atoms with van der Waals surface area (Å²) in [6, 6.07) is 6.18. The van der Waals surface area contributed by atoms with Gasteiger partial charge in [0.05, 0.1) is 28.3 Å². The second-order valence-electron chi connectivity index (χ2n) is 3.72. The number of aromatic amines is 1. The number of methoxy groups -OCH3 is 1. The Morgan fingerprint density at radius 3 is 2.58 bits per heavy atom. The van der Waals surface area contributed by atoms with Gasteiger partial charge in [-0.3, -0.25) is 4.79 Å². The van der Waals surface area contributed by atoms with Gasteiger partial charge in [0.25, 0.3) is 5.56 Å².